The molecule has 0 spiro atoms. The first-order valence-electron chi connectivity index (χ1n) is 9.44. The molecule has 1 aliphatic heterocycles. The molecule has 3 aromatic heterocycles. The zero-order valence-electron chi connectivity index (χ0n) is 16.5. The maximum absolute atomic E-state index is 13.0. The van der Waals surface area contributed by atoms with Crippen molar-refractivity contribution in [3.05, 3.63) is 54.0 Å². The number of allylic oxidation sites excluding steroid dienone is 1. The van der Waals surface area contributed by atoms with Crippen molar-refractivity contribution in [2.24, 2.45) is 0 Å². The molecule has 2 amide bonds. The van der Waals surface area contributed by atoms with Crippen LogP contribution in [-0.2, 0) is 11.3 Å². The van der Waals surface area contributed by atoms with Crippen molar-refractivity contribution in [3.63, 3.8) is 0 Å². The van der Waals surface area contributed by atoms with Crippen molar-refractivity contribution in [1.82, 2.24) is 35.3 Å². The number of alkyl halides is 1. The molecule has 4 heterocycles. The van der Waals surface area contributed by atoms with Crippen molar-refractivity contribution >= 4 is 39.6 Å². The molecule has 0 bridgehead atoms. The lowest BCUT2D eigenvalue weighted by atomic mass is 10.1. The third-order valence-electron chi connectivity index (χ3n) is 4.62. The van der Waals surface area contributed by atoms with Gasteiger partial charge in [-0.2, -0.15) is 10.2 Å². The Labute approximate surface area is 186 Å². The molecule has 0 aromatic carbocycles. The lowest BCUT2D eigenvalue weighted by Crippen LogP contribution is -2.39. The fourth-order valence-corrected chi connectivity index (χ4v) is 4.14. The van der Waals surface area contributed by atoms with Crippen molar-refractivity contribution in [2.45, 2.75) is 19.5 Å². The van der Waals surface area contributed by atoms with Gasteiger partial charge in [0.2, 0.25) is 5.91 Å². The van der Waals surface area contributed by atoms with E-state index in [1.165, 1.54) is 17.5 Å². The first-order chi connectivity index (χ1) is 15.0. The van der Waals surface area contributed by atoms with E-state index in [2.05, 4.69) is 26.1 Å². The summed E-state index contributed by atoms with van der Waals surface area (Å²) in [5, 5.41) is 26.2. The van der Waals surface area contributed by atoms with Crippen LogP contribution in [0.5, 0.6) is 0 Å². The molecule has 10 nitrogen and oxygen atoms in total. The molecule has 1 aliphatic rings. The summed E-state index contributed by atoms with van der Waals surface area (Å²) < 4.78 is 3.31. The van der Waals surface area contributed by atoms with Crippen LogP contribution >= 0.6 is 22.9 Å². The largest absolute Gasteiger partial charge is 0.394 e. The second-order valence-electron chi connectivity index (χ2n) is 6.84. The van der Waals surface area contributed by atoms with Gasteiger partial charge in [-0.05, 0) is 13.0 Å². The van der Waals surface area contributed by atoms with Crippen LogP contribution in [0.4, 0.5) is 0 Å². The standard InChI is InChI=1S/C19H20ClN7O3S/c1-11-15(4-13(7-21-11)24-17(29)5-20)25-18(30)14-8-23-27-10-16(31-19(14)27)12-6-22-26(9-12)2-3-28/h4,6-11,21,28H,2-3,5H2,1H3,(H,24,29)(H,25,30). The quantitative estimate of drug-likeness (QED) is 0.390. The third kappa shape index (κ3) is 4.48. The Bertz CT molecular complexity index is 1190. The van der Waals surface area contributed by atoms with Crippen molar-refractivity contribution in [1.29, 1.82) is 0 Å². The predicted octanol–water partition coefficient (Wildman–Crippen LogP) is 1.05. The van der Waals surface area contributed by atoms with E-state index >= 15 is 0 Å². The van der Waals surface area contributed by atoms with E-state index < -0.39 is 0 Å². The highest BCUT2D eigenvalue weighted by molar-refractivity contribution is 7.21. The van der Waals surface area contributed by atoms with Crippen molar-refractivity contribution in [2.75, 3.05) is 12.5 Å². The molecule has 12 heteroatoms. The molecule has 4 N–H and O–H groups in total. The number of amides is 2. The molecule has 1 unspecified atom stereocenters. The van der Waals surface area contributed by atoms with Gasteiger partial charge in [0, 0.05) is 29.9 Å². The summed E-state index contributed by atoms with van der Waals surface area (Å²) in [5.41, 5.74) is 2.44. The lowest BCUT2D eigenvalue weighted by molar-refractivity contribution is -0.117. The molecule has 162 valence electrons. The molecule has 0 aliphatic carbocycles. The number of hydrogen-bond acceptors (Lipinski definition) is 7. The highest BCUT2D eigenvalue weighted by Gasteiger charge is 2.21. The number of carbonyl (C=O) groups excluding carboxylic acids is 2. The minimum atomic E-state index is -0.335. The molecular formula is C19H20ClN7O3S. The number of rotatable bonds is 7. The zero-order chi connectivity index (χ0) is 22.0. The monoisotopic (exact) mass is 461 g/mol. The summed E-state index contributed by atoms with van der Waals surface area (Å²) in [4.78, 5) is 26.1. The normalized spacial score (nSPS) is 15.9. The van der Waals surface area contributed by atoms with Crippen LogP contribution in [0.25, 0.3) is 15.3 Å². The summed E-state index contributed by atoms with van der Waals surface area (Å²) >= 11 is 6.96. The van der Waals surface area contributed by atoms with Gasteiger partial charge in [0.15, 0.2) is 0 Å². The number of carbonyl (C=O) groups is 2. The fraction of sp³-hybridized carbons (Fsp3) is 0.263. The summed E-state index contributed by atoms with van der Waals surface area (Å²) in [7, 11) is 0. The highest BCUT2D eigenvalue weighted by atomic mass is 35.5. The Morgan fingerprint density at radius 1 is 1.29 bits per heavy atom. The van der Waals surface area contributed by atoms with Gasteiger partial charge in [0.25, 0.3) is 5.91 Å². The van der Waals surface area contributed by atoms with Crippen LogP contribution in [0.15, 0.2) is 48.5 Å². The summed E-state index contributed by atoms with van der Waals surface area (Å²) in [6, 6.07) is -0.150. The number of hydrogen-bond donors (Lipinski definition) is 4. The van der Waals surface area contributed by atoms with E-state index in [1.807, 2.05) is 19.3 Å². The van der Waals surface area contributed by atoms with Gasteiger partial charge in [0.1, 0.15) is 10.7 Å². The van der Waals surface area contributed by atoms with Crippen molar-refractivity contribution in [3.8, 4) is 10.4 Å². The molecule has 0 saturated heterocycles. The number of thiazole rings is 1. The minimum Gasteiger partial charge on any atom is -0.394 e. The SMILES string of the molecule is CC1NC=C(NC(=O)CCl)C=C1NC(=O)c1cnn2cc(-c3cnn(CCO)c3)sc12. The van der Waals surface area contributed by atoms with Crippen LogP contribution < -0.4 is 16.0 Å². The van der Waals surface area contributed by atoms with E-state index in [0.717, 1.165) is 10.4 Å². The maximum atomic E-state index is 13.0. The number of fused-ring (bicyclic) bond motifs is 1. The first-order valence-corrected chi connectivity index (χ1v) is 10.8. The molecule has 4 rings (SSSR count). The summed E-state index contributed by atoms with van der Waals surface area (Å²) in [6.07, 6.45) is 10.3. The number of nitrogens with zero attached hydrogens (tertiary/aromatic N) is 4. The molecule has 0 radical (unpaired) electrons. The number of aromatic nitrogens is 4. The highest BCUT2D eigenvalue weighted by Crippen LogP contribution is 2.30. The molecule has 31 heavy (non-hydrogen) atoms. The number of dihydropyridines is 1. The Morgan fingerprint density at radius 3 is 2.90 bits per heavy atom. The van der Waals surface area contributed by atoms with Gasteiger partial charge in [-0.25, -0.2) is 4.52 Å². The Morgan fingerprint density at radius 2 is 2.13 bits per heavy atom. The molecular weight excluding hydrogens is 442 g/mol. The minimum absolute atomic E-state index is 0.00872. The smallest absolute Gasteiger partial charge is 0.260 e. The van der Waals surface area contributed by atoms with E-state index in [4.69, 9.17) is 16.7 Å². The first kappa shape index (κ1) is 21.1. The number of aliphatic hydroxyl groups excluding tert-OH is 1. The van der Waals surface area contributed by atoms with Crippen LogP contribution in [0.3, 0.4) is 0 Å². The second-order valence-corrected chi connectivity index (χ2v) is 8.14. The van der Waals surface area contributed by atoms with Gasteiger partial charge in [-0.15, -0.1) is 22.9 Å². The van der Waals surface area contributed by atoms with Gasteiger partial charge < -0.3 is 21.1 Å². The number of aliphatic hydroxyl groups is 1. The van der Waals surface area contributed by atoms with E-state index in [-0.39, 0.29) is 30.3 Å². The fourth-order valence-electron chi connectivity index (χ4n) is 3.04. The third-order valence-corrected chi connectivity index (χ3v) is 6.02. The summed E-state index contributed by atoms with van der Waals surface area (Å²) in [6.45, 7) is 2.32. The van der Waals surface area contributed by atoms with Crippen molar-refractivity contribution < 1.29 is 14.7 Å². The Kier molecular flexibility index (Phi) is 6.07. The Balaban J connectivity index is 1.54. The maximum Gasteiger partial charge on any atom is 0.260 e. The van der Waals surface area contributed by atoms with E-state index in [9.17, 15) is 9.59 Å². The van der Waals surface area contributed by atoms with Gasteiger partial charge in [-0.1, -0.05) is 0 Å². The predicted molar refractivity (Wildman–Crippen MR) is 116 cm³/mol. The van der Waals surface area contributed by atoms with Crippen LogP contribution in [0, 0.1) is 0 Å². The average Bonchev–Trinajstić information content (AvgIpc) is 3.46. The molecule has 1 atom stereocenters. The van der Waals surface area contributed by atoms with Gasteiger partial charge in [0.05, 0.1) is 47.7 Å². The van der Waals surface area contributed by atoms with E-state index in [0.29, 0.717) is 28.3 Å². The van der Waals surface area contributed by atoms with Gasteiger partial charge >= 0.3 is 0 Å². The summed E-state index contributed by atoms with van der Waals surface area (Å²) in [5.74, 6) is -0.793. The molecule has 0 saturated carbocycles. The average molecular weight is 462 g/mol. The van der Waals surface area contributed by atoms with Crippen LogP contribution in [0.2, 0.25) is 0 Å². The topological polar surface area (TPSA) is 126 Å². The lowest BCUT2D eigenvalue weighted by Gasteiger charge is -2.23. The van der Waals surface area contributed by atoms with E-state index in [1.54, 1.807) is 27.7 Å². The number of nitrogens with one attached hydrogen (secondary N) is 3. The second kappa shape index (κ2) is 8.92. The van der Waals surface area contributed by atoms with Gasteiger partial charge in [-0.3, -0.25) is 14.3 Å². The van der Waals surface area contributed by atoms with Crippen LogP contribution in [-0.4, -0.2) is 54.8 Å². The Hall–Kier alpha value is -3.15. The molecule has 3 aromatic rings. The molecule has 0 fully saturated rings. The zero-order valence-corrected chi connectivity index (χ0v) is 18.1. The van der Waals surface area contributed by atoms with Crippen LogP contribution in [0.1, 0.15) is 17.3 Å². The number of halogens is 1.